The quantitative estimate of drug-likeness (QED) is 0.482. The molecule has 0 aliphatic carbocycles. The van der Waals surface area contributed by atoms with E-state index in [1.807, 2.05) is 14.0 Å². The third-order valence-electron chi connectivity index (χ3n) is 2.62. The van der Waals surface area contributed by atoms with E-state index >= 15 is 0 Å². The van der Waals surface area contributed by atoms with Crippen LogP contribution in [0.5, 0.6) is 0 Å². The molecule has 0 heterocycles. The van der Waals surface area contributed by atoms with Gasteiger partial charge >= 0.3 is 0 Å². The molecule has 0 aromatic carbocycles. The summed E-state index contributed by atoms with van der Waals surface area (Å²) in [4.78, 5) is 13.8. The zero-order chi connectivity index (χ0) is 13.8. The van der Waals surface area contributed by atoms with Crippen molar-refractivity contribution in [2.45, 2.75) is 13.0 Å². The molecule has 6 nitrogen and oxygen atoms in total. The molecule has 1 amide bonds. The van der Waals surface area contributed by atoms with Crippen LogP contribution < -0.4 is 10.6 Å². The smallest absolute Gasteiger partial charge is 0.236 e. The molecule has 0 spiro atoms. The summed E-state index contributed by atoms with van der Waals surface area (Å²) >= 11 is 0. The van der Waals surface area contributed by atoms with Gasteiger partial charge in [-0.2, -0.15) is 0 Å². The number of carbonyl (C=O) groups excluding carboxylic acids is 1. The molecule has 1 atom stereocenters. The first kappa shape index (κ1) is 17.3. The monoisotopic (exact) mass is 261 g/mol. The fourth-order valence-electron chi connectivity index (χ4n) is 1.35. The zero-order valence-electron chi connectivity index (χ0n) is 12.0. The van der Waals surface area contributed by atoms with Crippen LogP contribution in [-0.4, -0.2) is 77.5 Å². The van der Waals surface area contributed by atoms with Crippen LogP contribution in [-0.2, 0) is 14.3 Å². The standard InChI is InChI=1S/C12H27N3O3/c1-11(12(16)14-6-9-17-3)13-5-7-15(2)8-10-18-4/h11,13H,5-10H2,1-4H3,(H,14,16). The van der Waals surface area contributed by atoms with Gasteiger partial charge in [0.05, 0.1) is 19.3 Å². The van der Waals surface area contributed by atoms with E-state index in [2.05, 4.69) is 15.5 Å². The van der Waals surface area contributed by atoms with E-state index in [0.29, 0.717) is 13.2 Å². The van der Waals surface area contributed by atoms with Crippen molar-refractivity contribution in [3.63, 3.8) is 0 Å². The van der Waals surface area contributed by atoms with Gasteiger partial charge in [0, 0.05) is 40.4 Å². The number of carbonyl (C=O) groups is 1. The largest absolute Gasteiger partial charge is 0.383 e. The molecule has 18 heavy (non-hydrogen) atoms. The summed E-state index contributed by atoms with van der Waals surface area (Å²) in [5.74, 6) is 0.00611. The van der Waals surface area contributed by atoms with Crippen LogP contribution in [0.1, 0.15) is 6.92 Å². The molecule has 0 aliphatic rings. The Morgan fingerprint density at radius 3 is 2.44 bits per heavy atom. The van der Waals surface area contributed by atoms with Gasteiger partial charge in [0.25, 0.3) is 0 Å². The Hall–Kier alpha value is -0.690. The number of rotatable bonds is 11. The predicted molar refractivity (Wildman–Crippen MR) is 71.7 cm³/mol. The minimum atomic E-state index is -0.183. The lowest BCUT2D eigenvalue weighted by atomic mass is 10.3. The second-order valence-corrected chi connectivity index (χ2v) is 4.26. The highest BCUT2D eigenvalue weighted by Gasteiger charge is 2.10. The van der Waals surface area contributed by atoms with Crippen molar-refractivity contribution in [3.8, 4) is 0 Å². The fourth-order valence-corrected chi connectivity index (χ4v) is 1.35. The van der Waals surface area contributed by atoms with Crippen LogP contribution in [0.25, 0.3) is 0 Å². The second-order valence-electron chi connectivity index (χ2n) is 4.26. The number of hydrogen-bond donors (Lipinski definition) is 2. The minimum absolute atomic E-state index is 0.00611. The molecule has 0 bridgehead atoms. The predicted octanol–water partition coefficient (Wildman–Crippen LogP) is -0.695. The van der Waals surface area contributed by atoms with Gasteiger partial charge < -0.3 is 25.0 Å². The van der Waals surface area contributed by atoms with E-state index in [1.165, 1.54) is 0 Å². The van der Waals surface area contributed by atoms with Gasteiger partial charge in [-0.3, -0.25) is 4.79 Å². The molecule has 0 saturated carbocycles. The van der Waals surface area contributed by atoms with Crippen molar-refractivity contribution in [3.05, 3.63) is 0 Å². The number of likely N-dealkylation sites (N-methyl/N-ethyl adjacent to an activating group) is 1. The highest BCUT2D eigenvalue weighted by atomic mass is 16.5. The molecule has 0 aromatic rings. The van der Waals surface area contributed by atoms with Crippen LogP contribution in [0.15, 0.2) is 0 Å². The van der Waals surface area contributed by atoms with E-state index < -0.39 is 0 Å². The molecule has 1 unspecified atom stereocenters. The number of ether oxygens (including phenoxy) is 2. The van der Waals surface area contributed by atoms with Crippen molar-refractivity contribution in [1.29, 1.82) is 0 Å². The van der Waals surface area contributed by atoms with E-state index in [0.717, 1.165) is 26.2 Å². The summed E-state index contributed by atoms with van der Waals surface area (Å²) in [5, 5.41) is 5.98. The highest BCUT2D eigenvalue weighted by molar-refractivity contribution is 5.81. The third kappa shape index (κ3) is 9.35. The lowest BCUT2D eigenvalue weighted by Gasteiger charge is -2.18. The summed E-state index contributed by atoms with van der Waals surface area (Å²) < 4.78 is 9.86. The number of nitrogens with zero attached hydrogens (tertiary/aromatic N) is 1. The van der Waals surface area contributed by atoms with E-state index in [9.17, 15) is 4.79 Å². The average Bonchev–Trinajstić information content (AvgIpc) is 2.36. The minimum Gasteiger partial charge on any atom is -0.383 e. The molecular formula is C12H27N3O3. The first-order valence-corrected chi connectivity index (χ1v) is 6.29. The van der Waals surface area contributed by atoms with Crippen molar-refractivity contribution < 1.29 is 14.3 Å². The number of nitrogens with one attached hydrogen (secondary N) is 2. The lowest BCUT2D eigenvalue weighted by Crippen LogP contribution is -2.45. The SMILES string of the molecule is COCCNC(=O)C(C)NCCN(C)CCOC. The Morgan fingerprint density at radius 2 is 1.83 bits per heavy atom. The summed E-state index contributed by atoms with van der Waals surface area (Å²) in [7, 11) is 5.34. The number of methoxy groups -OCH3 is 2. The van der Waals surface area contributed by atoms with Gasteiger partial charge in [-0.25, -0.2) is 0 Å². The maximum atomic E-state index is 11.6. The number of amides is 1. The van der Waals surface area contributed by atoms with Crippen LogP contribution in [0, 0.1) is 0 Å². The summed E-state index contributed by atoms with van der Waals surface area (Å²) in [6.07, 6.45) is 0. The van der Waals surface area contributed by atoms with Gasteiger partial charge in [0.2, 0.25) is 5.91 Å². The van der Waals surface area contributed by atoms with E-state index in [4.69, 9.17) is 9.47 Å². The first-order valence-electron chi connectivity index (χ1n) is 6.29. The van der Waals surface area contributed by atoms with Crippen LogP contribution in [0.2, 0.25) is 0 Å². The van der Waals surface area contributed by atoms with Crippen molar-refractivity contribution >= 4 is 5.91 Å². The summed E-state index contributed by atoms with van der Waals surface area (Å²) in [5.41, 5.74) is 0. The molecule has 0 aromatic heterocycles. The fraction of sp³-hybridized carbons (Fsp3) is 0.917. The third-order valence-corrected chi connectivity index (χ3v) is 2.62. The molecule has 0 aliphatic heterocycles. The van der Waals surface area contributed by atoms with Gasteiger partial charge in [-0.15, -0.1) is 0 Å². The Kier molecular flexibility index (Phi) is 11.0. The molecule has 0 saturated heterocycles. The maximum absolute atomic E-state index is 11.6. The van der Waals surface area contributed by atoms with E-state index in [1.54, 1.807) is 14.2 Å². The molecule has 0 fully saturated rings. The van der Waals surface area contributed by atoms with Gasteiger partial charge in [0.1, 0.15) is 0 Å². The van der Waals surface area contributed by atoms with Crippen LogP contribution >= 0.6 is 0 Å². The first-order chi connectivity index (χ1) is 8.61. The maximum Gasteiger partial charge on any atom is 0.236 e. The van der Waals surface area contributed by atoms with Crippen molar-refractivity contribution in [2.24, 2.45) is 0 Å². The average molecular weight is 261 g/mol. The molecule has 108 valence electrons. The summed E-state index contributed by atoms with van der Waals surface area (Å²) in [6.45, 7) is 6.24. The Morgan fingerprint density at radius 1 is 1.17 bits per heavy atom. The van der Waals surface area contributed by atoms with Crippen molar-refractivity contribution in [2.75, 3.05) is 60.7 Å². The van der Waals surface area contributed by atoms with Gasteiger partial charge in [-0.1, -0.05) is 0 Å². The second kappa shape index (κ2) is 11.4. The molecule has 0 rings (SSSR count). The Labute approximate surface area is 110 Å². The Bertz CT molecular complexity index is 215. The van der Waals surface area contributed by atoms with Crippen LogP contribution in [0.3, 0.4) is 0 Å². The number of hydrogen-bond acceptors (Lipinski definition) is 5. The highest BCUT2D eigenvalue weighted by Crippen LogP contribution is 1.85. The lowest BCUT2D eigenvalue weighted by molar-refractivity contribution is -0.122. The summed E-state index contributed by atoms with van der Waals surface area (Å²) in [6, 6.07) is -0.183. The van der Waals surface area contributed by atoms with Gasteiger partial charge in [0.15, 0.2) is 0 Å². The van der Waals surface area contributed by atoms with Crippen LogP contribution in [0.4, 0.5) is 0 Å². The topological polar surface area (TPSA) is 62.8 Å². The normalized spacial score (nSPS) is 12.7. The van der Waals surface area contributed by atoms with Gasteiger partial charge in [-0.05, 0) is 14.0 Å². The molecule has 0 radical (unpaired) electrons. The van der Waals surface area contributed by atoms with Crippen molar-refractivity contribution in [1.82, 2.24) is 15.5 Å². The zero-order valence-corrected chi connectivity index (χ0v) is 12.0. The molecule has 2 N–H and O–H groups in total. The Balaban J connectivity index is 3.56. The molecule has 6 heteroatoms. The van der Waals surface area contributed by atoms with E-state index in [-0.39, 0.29) is 11.9 Å². The molecular weight excluding hydrogens is 234 g/mol.